The van der Waals surface area contributed by atoms with Crippen molar-refractivity contribution in [2.75, 3.05) is 7.11 Å². The number of methoxy groups -OCH3 is 1. The zero-order chi connectivity index (χ0) is 30.2. The molecule has 0 aromatic heterocycles. The molecule has 0 atom stereocenters. The molecule has 0 fully saturated rings. The Kier molecular flexibility index (Phi) is 10.8. The van der Waals surface area contributed by atoms with Gasteiger partial charge in [-0.05, 0) is 39.8 Å². The van der Waals surface area contributed by atoms with Gasteiger partial charge in [0.2, 0.25) is 11.5 Å². The lowest BCUT2D eigenvalue weighted by Gasteiger charge is -2.09. The lowest BCUT2D eigenvalue weighted by atomic mass is 10.1. The van der Waals surface area contributed by atoms with Crippen molar-refractivity contribution in [3.63, 3.8) is 0 Å². The third-order valence-electron chi connectivity index (χ3n) is 4.32. The number of benzene rings is 2. The Bertz CT molecular complexity index is 1320. The highest BCUT2D eigenvalue weighted by Crippen LogP contribution is 2.37. The van der Waals surface area contributed by atoms with Crippen LogP contribution in [0.2, 0.25) is 0 Å². The molecule has 0 saturated carbocycles. The molecule has 2 rings (SSSR count). The first kappa shape index (κ1) is 31.7. The van der Waals surface area contributed by atoms with Crippen molar-refractivity contribution in [2.45, 2.75) is 39.9 Å². The van der Waals surface area contributed by atoms with Gasteiger partial charge in [0.05, 0.1) is 29.2 Å². The summed E-state index contributed by atoms with van der Waals surface area (Å²) in [6, 6.07) is 3.28. The Morgan fingerprint density at radius 1 is 0.718 bits per heavy atom. The second-order valence-electron chi connectivity index (χ2n) is 7.99. The highest BCUT2D eigenvalue weighted by molar-refractivity contribution is 6.41. The number of esters is 2. The van der Waals surface area contributed by atoms with E-state index in [0.717, 1.165) is 18.2 Å². The number of carbonyl (C=O) groups is 4. The smallest absolute Gasteiger partial charge is 0.379 e. The number of nitro benzene ring substituents is 2. The van der Waals surface area contributed by atoms with E-state index in [4.69, 9.17) is 9.47 Å². The van der Waals surface area contributed by atoms with E-state index in [1.165, 1.54) is 21.0 Å². The van der Waals surface area contributed by atoms with Crippen molar-refractivity contribution in [1.82, 2.24) is 0 Å². The molecule has 0 radical (unpaired) electrons. The fourth-order valence-electron chi connectivity index (χ4n) is 2.66. The van der Waals surface area contributed by atoms with Crippen LogP contribution in [0.4, 0.5) is 11.4 Å². The average molecular weight is 552 g/mol. The van der Waals surface area contributed by atoms with Crippen LogP contribution in [0.1, 0.15) is 48.4 Å². The van der Waals surface area contributed by atoms with Crippen LogP contribution < -0.4 is 4.74 Å². The van der Waals surface area contributed by atoms with Gasteiger partial charge in [0.15, 0.2) is 11.5 Å². The number of carbonyl (C=O) groups excluding carboxylic acids is 4. The van der Waals surface area contributed by atoms with Gasteiger partial charge in [0, 0.05) is 23.3 Å². The van der Waals surface area contributed by atoms with Gasteiger partial charge >= 0.3 is 23.3 Å². The van der Waals surface area contributed by atoms with Crippen molar-refractivity contribution >= 4 is 34.9 Å². The standard InChI is InChI=1S/C12H13NO7.C11H11NO7/c1-6(2)20-12(16)10(14)7-4-8(13(17)18)11(15)9(5-7)19-3;1-5(2)19-11(16)9(14)6-3-7(12(17)18)10(15)8(13)4-6/h4-6,15H,1-3H3;3-5,13,15H,1-2H3. The number of nitrogens with zero attached hydrogens (tertiary/aromatic N) is 2. The van der Waals surface area contributed by atoms with E-state index in [1.807, 2.05) is 0 Å². The Balaban J connectivity index is 0.000000391. The van der Waals surface area contributed by atoms with Gasteiger partial charge in [-0.3, -0.25) is 29.8 Å². The maximum atomic E-state index is 11.8. The quantitative estimate of drug-likeness (QED) is 0.101. The molecule has 0 aliphatic carbocycles. The van der Waals surface area contributed by atoms with Crippen LogP contribution in [0, 0.1) is 20.2 Å². The maximum absolute atomic E-state index is 11.8. The van der Waals surface area contributed by atoms with E-state index in [1.54, 1.807) is 13.8 Å². The fraction of sp³-hybridized carbons (Fsp3) is 0.304. The van der Waals surface area contributed by atoms with Gasteiger partial charge in [0.1, 0.15) is 0 Å². The van der Waals surface area contributed by atoms with Crippen LogP contribution in [-0.2, 0) is 19.1 Å². The molecule has 0 heterocycles. The number of hydrogen-bond donors (Lipinski definition) is 3. The minimum absolute atomic E-state index is 0.278. The zero-order valence-electron chi connectivity index (χ0n) is 21.2. The molecule has 39 heavy (non-hydrogen) atoms. The van der Waals surface area contributed by atoms with Crippen LogP contribution in [0.15, 0.2) is 24.3 Å². The van der Waals surface area contributed by atoms with Crippen molar-refractivity contribution in [3.8, 4) is 23.0 Å². The number of hydrogen-bond acceptors (Lipinski definition) is 14. The zero-order valence-corrected chi connectivity index (χ0v) is 21.2. The van der Waals surface area contributed by atoms with E-state index in [2.05, 4.69) is 4.74 Å². The summed E-state index contributed by atoms with van der Waals surface area (Å²) in [5.74, 6) is -7.37. The van der Waals surface area contributed by atoms with Crippen LogP contribution in [0.5, 0.6) is 23.0 Å². The van der Waals surface area contributed by atoms with Crippen molar-refractivity contribution < 1.29 is 58.6 Å². The third-order valence-corrected chi connectivity index (χ3v) is 4.32. The third kappa shape index (κ3) is 8.38. The molecule has 0 aliphatic rings. The Morgan fingerprint density at radius 2 is 1.10 bits per heavy atom. The number of phenolic OH excluding ortho intramolecular Hbond substituents is 3. The van der Waals surface area contributed by atoms with Crippen molar-refractivity contribution in [2.24, 2.45) is 0 Å². The SMILES string of the molecule is CC(C)OC(=O)C(=O)c1cc(O)c(O)c([N+](=O)[O-])c1.COc1cc(C(=O)C(=O)OC(C)C)cc([N+](=O)[O-])c1O. The lowest BCUT2D eigenvalue weighted by molar-refractivity contribution is -0.386. The second-order valence-corrected chi connectivity index (χ2v) is 7.99. The Labute approximate surface area is 219 Å². The summed E-state index contributed by atoms with van der Waals surface area (Å²) >= 11 is 0. The fourth-order valence-corrected chi connectivity index (χ4v) is 2.66. The molecule has 16 heteroatoms. The highest BCUT2D eigenvalue weighted by Gasteiger charge is 2.27. The largest absolute Gasteiger partial charge is 0.504 e. The van der Waals surface area contributed by atoms with Gasteiger partial charge in [-0.15, -0.1) is 0 Å². The monoisotopic (exact) mass is 552 g/mol. The summed E-state index contributed by atoms with van der Waals surface area (Å²) in [4.78, 5) is 65.8. The minimum atomic E-state index is -1.20. The van der Waals surface area contributed by atoms with Gasteiger partial charge < -0.3 is 29.5 Å². The Morgan fingerprint density at radius 3 is 1.46 bits per heavy atom. The molecule has 210 valence electrons. The molecule has 0 unspecified atom stereocenters. The molecular weight excluding hydrogens is 528 g/mol. The summed E-state index contributed by atoms with van der Waals surface area (Å²) < 4.78 is 14.1. The van der Waals surface area contributed by atoms with E-state index >= 15 is 0 Å². The Hall–Kier alpha value is -5.28. The van der Waals surface area contributed by atoms with E-state index in [9.17, 15) is 54.7 Å². The van der Waals surface area contributed by atoms with E-state index in [0.29, 0.717) is 6.07 Å². The predicted molar refractivity (Wildman–Crippen MR) is 129 cm³/mol. The summed E-state index contributed by atoms with van der Waals surface area (Å²) in [6.07, 6.45) is -1.03. The number of ether oxygens (including phenoxy) is 3. The molecule has 0 saturated heterocycles. The summed E-state index contributed by atoms with van der Waals surface area (Å²) in [5.41, 5.74) is -2.34. The number of Topliss-reactive ketones (excluding diaryl/α,β-unsaturated/α-hetero) is 2. The topological polar surface area (TPSA) is 243 Å². The molecule has 0 spiro atoms. The maximum Gasteiger partial charge on any atom is 0.379 e. The molecule has 0 aliphatic heterocycles. The van der Waals surface area contributed by atoms with Crippen LogP contribution in [0.25, 0.3) is 0 Å². The van der Waals surface area contributed by atoms with Gasteiger partial charge in [-0.1, -0.05) is 0 Å². The van der Waals surface area contributed by atoms with Crippen molar-refractivity contribution in [3.05, 3.63) is 55.6 Å². The molecule has 0 bridgehead atoms. The molecule has 16 nitrogen and oxygen atoms in total. The van der Waals surface area contributed by atoms with E-state index in [-0.39, 0.29) is 11.3 Å². The predicted octanol–water partition coefficient (Wildman–Crippen LogP) is 2.58. The molecule has 0 amide bonds. The number of ketones is 2. The van der Waals surface area contributed by atoms with E-state index < -0.39 is 79.7 Å². The summed E-state index contributed by atoms with van der Waals surface area (Å²) in [5, 5.41) is 49.5. The van der Waals surface area contributed by atoms with Crippen LogP contribution >= 0.6 is 0 Å². The number of rotatable bonds is 9. The first-order chi connectivity index (χ1) is 18.0. The van der Waals surface area contributed by atoms with Gasteiger partial charge in [-0.25, -0.2) is 9.59 Å². The number of nitro groups is 2. The number of phenols is 3. The second kappa shape index (κ2) is 13.3. The molecule has 2 aromatic carbocycles. The van der Waals surface area contributed by atoms with Crippen LogP contribution in [-0.4, -0.2) is 68.0 Å². The first-order valence-corrected chi connectivity index (χ1v) is 10.8. The molecule has 2 aromatic rings. The number of aromatic hydroxyl groups is 3. The average Bonchev–Trinajstić information content (AvgIpc) is 2.83. The van der Waals surface area contributed by atoms with Gasteiger partial charge in [-0.2, -0.15) is 0 Å². The summed E-state index contributed by atoms with van der Waals surface area (Å²) in [7, 11) is 1.17. The molecule has 3 N–H and O–H groups in total. The summed E-state index contributed by atoms with van der Waals surface area (Å²) in [6.45, 7) is 6.18. The first-order valence-electron chi connectivity index (χ1n) is 10.8. The minimum Gasteiger partial charge on any atom is -0.504 e. The van der Waals surface area contributed by atoms with Gasteiger partial charge in [0.25, 0.3) is 11.6 Å². The highest BCUT2D eigenvalue weighted by atomic mass is 16.6. The van der Waals surface area contributed by atoms with Crippen molar-refractivity contribution in [1.29, 1.82) is 0 Å². The van der Waals surface area contributed by atoms with Crippen LogP contribution in [0.3, 0.4) is 0 Å². The molecular formula is C23H24N2O14. The lowest BCUT2D eigenvalue weighted by Crippen LogP contribution is -2.21. The normalized spacial score (nSPS) is 10.2.